The fourth-order valence-electron chi connectivity index (χ4n) is 2.50. The Morgan fingerprint density at radius 1 is 1.47 bits per heavy atom. The van der Waals surface area contributed by atoms with Gasteiger partial charge < -0.3 is 10.0 Å². The van der Waals surface area contributed by atoms with E-state index >= 15 is 0 Å². The maximum absolute atomic E-state index is 12.1. The van der Waals surface area contributed by atoms with E-state index in [2.05, 4.69) is 4.98 Å². The number of hydrogen-bond donors (Lipinski definition) is 1. The van der Waals surface area contributed by atoms with Crippen molar-refractivity contribution in [3.8, 4) is 0 Å². The molecule has 1 saturated heterocycles. The molecule has 2 atom stereocenters. The van der Waals surface area contributed by atoms with Gasteiger partial charge in [-0.15, -0.1) is 11.8 Å². The first-order valence-corrected chi connectivity index (χ1v) is 7.29. The minimum Gasteiger partial charge on any atom is -0.480 e. The average molecular weight is 278 g/mol. The average Bonchev–Trinajstić information content (AvgIpc) is 3.23. The van der Waals surface area contributed by atoms with Crippen molar-refractivity contribution in [1.29, 1.82) is 0 Å². The molecule has 5 nitrogen and oxygen atoms in total. The van der Waals surface area contributed by atoms with Crippen molar-refractivity contribution in [1.82, 2.24) is 9.88 Å². The Morgan fingerprint density at radius 2 is 2.26 bits per heavy atom. The molecule has 1 N–H and O–H groups in total. The highest BCUT2D eigenvalue weighted by Gasteiger charge is 2.47. The lowest BCUT2D eigenvalue weighted by Crippen LogP contribution is -2.48. The van der Waals surface area contributed by atoms with Crippen LogP contribution in [-0.2, 0) is 9.59 Å². The summed E-state index contributed by atoms with van der Waals surface area (Å²) in [5.74, 6) is -0.569. The van der Waals surface area contributed by atoms with Crippen molar-refractivity contribution in [2.45, 2.75) is 30.2 Å². The molecule has 1 aliphatic heterocycles. The van der Waals surface area contributed by atoms with Crippen LogP contribution in [0.1, 0.15) is 24.4 Å². The number of carboxylic acid groups (broad SMARTS) is 1. The molecule has 2 fully saturated rings. The molecule has 0 aromatic carbocycles. The van der Waals surface area contributed by atoms with Gasteiger partial charge in [-0.3, -0.25) is 14.6 Å². The van der Waals surface area contributed by atoms with Gasteiger partial charge in [0.1, 0.15) is 5.25 Å². The van der Waals surface area contributed by atoms with Gasteiger partial charge in [0, 0.05) is 18.4 Å². The Morgan fingerprint density at radius 3 is 2.84 bits per heavy atom. The van der Waals surface area contributed by atoms with Crippen LogP contribution in [0, 0.1) is 0 Å². The topological polar surface area (TPSA) is 70.5 Å². The third kappa shape index (κ3) is 2.32. The number of pyridine rings is 1. The highest BCUT2D eigenvalue weighted by molar-refractivity contribution is 8.01. The number of hydrogen-bond acceptors (Lipinski definition) is 4. The zero-order valence-corrected chi connectivity index (χ0v) is 11.0. The summed E-state index contributed by atoms with van der Waals surface area (Å²) in [5, 5.41) is 8.79. The van der Waals surface area contributed by atoms with E-state index in [-0.39, 0.29) is 17.7 Å². The van der Waals surface area contributed by atoms with Gasteiger partial charge in [0.25, 0.3) is 0 Å². The van der Waals surface area contributed by atoms with Crippen molar-refractivity contribution in [3.63, 3.8) is 0 Å². The predicted molar refractivity (Wildman–Crippen MR) is 70.7 cm³/mol. The SMILES string of the molecule is O=C(O)[C@@H]1SCC(=O)N(C2CC2)[C@H]1c1cccnc1. The maximum atomic E-state index is 12.1. The van der Waals surface area contributed by atoms with Crippen molar-refractivity contribution < 1.29 is 14.7 Å². The number of carboxylic acids is 1. The Hall–Kier alpha value is -1.56. The van der Waals surface area contributed by atoms with E-state index in [4.69, 9.17) is 0 Å². The van der Waals surface area contributed by atoms with Gasteiger partial charge in [-0.2, -0.15) is 0 Å². The van der Waals surface area contributed by atoms with E-state index in [0.29, 0.717) is 0 Å². The highest BCUT2D eigenvalue weighted by atomic mass is 32.2. The van der Waals surface area contributed by atoms with Crippen molar-refractivity contribution in [2.75, 3.05) is 5.75 Å². The van der Waals surface area contributed by atoms with Gasteiger partial charge in [0.2, 0.25) is 5.91 Å². The summed E-state index contributed by atoms with van der Waals surface area (Å²) in [6.07, 6.45) is 5.26. The molecule has 1 aliphatic carbocycles. The van der Waals surface area contributed by atoms with Gasteiger partial charge in [0.05, 0.1) is 11.8 Å². The number of carbonyl (C=O) groups is 2. The van der Waals surface area contributed by atoms with E-state index in [1.54, 1.807) is 23.4 Å². The normalized spacial score (nSPS) is 27.4. The molecule has 2 aliphatic rings. The molecule has 3 rings (SSSR count). The lowest BCUT2D eigenvalue weighted by atomic mass is 10.0. The lowest BCUT2D eigenvalue weighted by molar-refractivity contribution is -0.140. The van der Waals surface area contributed by atoms with Crippen LogP contribution in [0.25, 0.3) is 0 Å². The molecule has 0 radical (unpaired) electrons. The smallest absolute Gasteiger partial charge is 0.319 e. The fourth-order valence-corrected chi connectivity index (χ4v) is 3.59. The van der Waals surface area contributed by atoms with Crippen LogP contribution in [0.2, 0.25) is 0 Å². The quantitative estimate of drug-likeness (QED) is 0.902. The zero-order chi connectivity index (χ0) is 13.4. The predicted octanol–water partition coefficient (Wildman–Crippen LogP) is 1.31. The largest absolute Gasteiger partial charge is 0.480 e. The van der Waals surface area contributed by atoms with Gasteiger partial charge in [-0.25, -0.2) is 0 Å². The third-order valence-corrected chi connectivity index (χ3v) is 4.70. The minimum atomic E-state index is -0.864. The second-order valence-corrected chi connectivity index (χ2v) is 5.96. The van der Waals surface area contributed by atoms with Gasteiger partial charge in [0.15, 0.2) is 0 Å². The molecule has 19 heavy (non-hydrogen) atoms. The summed E-state index contributed by atoms with van der Waals surface area (Å²) in [5.41, 5.74) is 0.808. The third-order valence-electron chi connectivity index (χ3n) is 3.47. The monoisotopic (exact) mass is 278 g/mol. The van der Waals surface area contributed by atoms with Crippen LogP contribution >= 0.6 is 11.8 Å². The standard InChI is InChI=1S/C13H14N2O3S/c16-10-7-19-12(13(17)18)11(15(10)9-3-4-9)8-2-1-5-14-6-8/h1-2,5-6,9,11-12H,3-4,7H2,(H,17,18)/t11-,12+/m0/s1. The lowest BCUT2D eigenvalue weighted by Gasteiger charge is -2.39. The molecule has 100 valence electrons. The number of thioether (sulfide) groups is 1. The number of carbonyl (C=O) groups excluding carboxylic acids is 1. The summed E-state index contributed by atoms with van der Waals surface area (Å²) in [4.78, 5) is 29.4. The van der Waals surface area contributed by atoms with Crippen molar-refractivity contribution in [3.05, 3.63) is 30.1 Å². The molecule has 0 bridgehead atoms. The van der Waals surface area contributed by atoms with Crippen LogP contribution in [0.15, 0.2) is 24.5 Å². The minimum absolute atomic E-state index is 0.0406. The van der Waals surface area contributed by atoms with Crippen LogP contribution in [-0.4, -0.2) is 43.9 Å². The van der Waals surface area contributed by atoms with Crippen molar-refractivity contribution >= 4 is 23.6 Å². The summed E-state index contributed by atoms with van der Waals surface area (Å²) in [7, 11) is 0. The Bertz CT molecular complexity index is 504. The first-order chi connectivity index (χ1) is 9.18. The fraction of sp³-hybridized carbons (Fsp3) is 0.462. The number of aliphatic carboxylic acids is 1. The van der Waals surface area contributed by atoms with Crippen LogP contribution in [0.3, 0.4) is 0 Å². The molecular weight excluding hydrogens is 264 g/mol. The summed E-state index contributed by atoms with van der Waals surface area (Å²) < 4.78 is 0. The molecule has 6 heteroatoms. The molecule has 1 saturated carbocycles. The molecule has 0 spiro atoms. The molecule has 2 heterocycles. The molecular formula is C13H14N2O3S. The van der Waals surface area contributed by atoms with Crippen LogP contribution in [0.5, 0.6) is 0 Å². The number of rotatable bonds is 3. The van der Waals surface area contributed by atoms with Gasteiger partial charge in [-0.1, -0.05) is 6.07 Å². The Kier molecular flexibility index (Phi) is 3.18. The second kappa shape index (κ2) is 4.85. The maximum Gasteiger partial charge on any atom is 0.319 e. The van der Waals surface area contributed by atoms with Crippen molar-refractivity contribution in [2.24, 2.45) is 0 Å². The summed E-state index contributed by atoms with van der Waals surface area (Å²) >= 11 is 1.21. The van der Waals surface area contributed by atoms with E-state index in [1.807, 2.05) is 6.07 Å². The van der Waals surface area contributed by atoms with E-state index < -0.39 is 17.3 Å². The first-order valence-electron chi connectivity index (χ1n) is 6.24. The molecule has 1 amide bonds. The van der Waals surface area contributed by atoms with E-state index in [9.17, 15) is 14.7 Å². The van der Waals surface area contributed by atoms with Gasteiger partial charge in [-0.05, 0) is 24.5 Å². The zero-order valence-electron chi connectivity index (χ0n) is 10.2. The number of nitrogens with zero attached hydrogens (tertiary/aromatic N) is 2. The first kappa shape index (κ1) is 12.5. The van der Waals surface area contributed by atoms with E-state index in [1.165, 1.54) is 11.8 Å². The van der Waals surface area contributed by atoms with Crippen LogP contribution in [0.4, 0.5) is 0 Å². The van der Waals surface area contributed by atoms with E-state index in [0.717, 1.165) is 18.4 Å². The van der Waals surface area contributed by atoms with Crippen LogP contribution < -0.4 is 0 Å². The molecule has 1 aromatic heterocycles. The number of amides is 1. The Balaban J connectivity index is 2.00. The summed E-state index contributed by atoms with van der Waals surface area (Å²) in [6, 6.07) is 3.44. The number of aromatic nitrogens is 1. The Labute approximate surface area is 115 Å². The molecule has 0 unspecified atom stereocenters. The summed E-state index contributed by atoms with van der Waals surface area (Å²) in [6.45, 7) is 0. The van der Waals surface area contributed by atoms with Gasteiger partial charge >= 0.3 is 5.97 Å². The highest BCUT2D eigenvalue weighted by Crippen LogP contribution is 2.43. The molecule has 1 aromatic rings. The second-order valence-electron chi connectivity index (χ2n) is 4.83.